The highest BCUT2D eigenvalue weighted by Gasteiger charge is 2.19. The van der Waals surface area contributed by atoms with E-state index < -0.39 is 0 Å². The first kappa shape index (κ1) is 24.8. The molecule has 1 amide bonds. The molecule has 31 heavy (non-hydrogen) atoms. The number of hydrogen-bond donors (Lipinski definition) is 2. The molecule has 2 aromatic rings. The molecule has 0 bridgehead atoms. The van der Waals surface area contributed by atoms with Gasteiger partial charge >= 0.3 is 0 Å². The molecule has 1 aliphatic rings. The van der Waals surface area contributed by atoms with E-state index in [0.29, 0.717) is 30.4 Å². The average Bonchev–Trinajstić information content (AvgIpc) is 2.78. The summed E-state index contributed by atoms with van der Waals surface area (Å²) in [6, 6.07) is 13.7. The zero-order valence-corrected chi connectivity index (χ0v) is 20.6. The zero-order chi connectivity index (χ0) is 21.3. The van der Waals surface area contributed by atoms with Crippen molar-refractivity contribution in [3.05, 3.63) is 48.0 Å². The minimum atomic E-state index is 0. The molecule has 0 aromatic heterocycles. The van der Waals surface area contributed by atoms with Crippen molar-refractivity contribution in [3.8, 4) is 11.5 Å². The Bertz CT molecular complexity index is 887. The molecule has 2 N–H and O–H groups in total. The van der Waals surface area contributed by atoms with Gasteiger partial charge in [-0.15, -0.1) is 24.0 Å². The van der Waals surface area contributed by atoms with Gasteiger partial charge in [-0.2, -0.15) is 0 Å². The second kappa shape index (κ2) is 12.4. The van der Waals surface area contributed by atoms with Crippen molar-refractivity contribution in [1.29, 1.82) is 0 Å². The molecule has 1 heterocycles. The molecule has 8 heteroatoms. The Morgan fingerprint density at radius 1 is 1.06 bits per heavy atom. The van der Waals surface area contributed by atoms with E-state index >= 15 is 0 Å². The normalized spacial score (nSPS) is 14.0. The molecule has 1 aliphatic heterocycles. The first-order valence-corrected chi connectivity index (χ1v) is 10.3. The third-order valence-corrected chi connectivity index (χ3v) is 4.98. The fourth-order valence-electron chi connectivity index (χ4n) is 3.39. The largest absolute Gasteiger partial charge is 0.493 e. The van der Waals surface area contributed by atoms with Gasteiger partial charge in [-0.1, -0.05) is 12.1 Å². The lowest BCUT2D eigenvalue weighted by molar-refractivity contribution is -0.119. The number of guanidine groups is 1. The molecule has 1 fully saturated rings. The Hall–Kier alpha value is -2.49. The summed E-state index contributed by atoms with van der Waals surface area (Å²) >= 11 is 0. The van der Waals surface area contributed by atoms with Crippen molar-refractivity contribution in [2.45, 2.75) is 32.7 Å². The molecule has 2 aromatic carbocycles. The van der Waals surface area contributed by atoms with Gasteiger partial charge in [-0.25, -0.2) is 4.99 Å². The van der Waals surface area contributed by atoms with Crippen molar-refractivity contribution >= 4 is 47.2 Å². The fourth-order valence-corrected chi connectivity index (χ4v) is 3.39. The molecule has 0 radical (unpaired) electrons. The molecule has 0 saturated carbocycles. The summed E-state index contributed by atoms with van der Waals surface area (Å²) in [7, 11) is 3.23. The standard InChI is InChI=1S/C23H30N4O3.HI/c1-4-24-23(26-18-10-13-20(29-2)21(15-18)30-3)25-16-17-8-11-19(12-9-17)27-14-6-5-7-22(27)28;/h8-13,15H,4-7,14,16H2,1-3H3,(H2,24,25,26);1H. The molecular formula is C23H31IN4O3. The minimum absolute atomic E-state index is 0. The zero-order valence-electron chi connectivity index (χ0n) is 18.3. The van der Waals surface area contributed by atoms with E-state index in [4.69, 9.17) is 9.47 Å². The number of anilines is 2. The predicted molar refractivity (Wildman–Crippen MR) is 136 cm³/mol. The number of rotatable bonds is 7. The van der Waals surface area contributed by atoms with Crippen molar-refractivity contribution < 1.29 is 14.3 Å². The highest BCUT2D eigenvalue weighted by atomic mass is 127. The summed E-state index contributed by atoms with van der Waals surface area (Å²) in [5.74, 6) is 2.22. The Labute approximate surface area is 201 Å². The summed E-state index contributed by atoms with van der Waals surface area (Å²) in [4.78, 5) is 18.6. The van der Waals surface area contributed by atoms with E-state index in [-0.39, 0.29) is 29.9 Å². The van der Waals surface area contributed by atoms with Gasteiger partial charge < -0.3 is 25.0 Å². The minimum Gasteiger partial charge on any atom is -0.493 e. The maximum Gasteiger partial charge on any atom is 0.226 e. The molecule has 0 atom stereocenters. The van der Waals surface area contributed by atoms with Crippen LogP contribution in [-0.4, -0.2) is 39.2 Å². The van der Waals surface area contributed by atoms with Crippen LogP contribution in [-0.2, 0) is 11.3 Å². The van der Waals surface area contributed by atoms with E-state index in [1.165, 1.54) is 0 Å². The van der Waals surface area contributed by atoms with E-state index in [0.717, 1.165) is 42.9 Å². The van der Waals surface area contributed by atoms with Crippen molar-refractivity contribution in [3.63, 3.8) is 0 Å². The highest BCUT2D eigenvalue weighted by Crippen LogP contribution is 2.29. The van der Waals surface area contributed by atoms with E-state index in [9.17, 15) is 4.79 Å². The fraction of sp³-hybridized carbons (Fsp3) is 0.391. The first-order valence-electron chi connectivity index (χ1n) is 10.3. The maximum atomic E-state index is 12.1. The van der Waals surface area contributed by atoms with Crippen LogP contribution in [0.1, 0.15) is 31.7 Å². The number of piperidine rings is 1. The van der Waals surface area contributed by atoms with Gasteiger partial charge in [0.05, 0.1) is 20.8 Å². The Balaban J connectivity index is 0.00000341. The van der Waals surface area contributed by atoms with Gasteiger partial charge in [-0.3, -0.25) is 4.79 Å². The van der Waals surface area contributed by atoms with Gasteiger partial charge in [0.15, 0.2) is 17.5 Å². The van der Waals surface area contributed by atoms with Crippen LogP contribution in [0.5, 0.6) is 11.5 Å². The quantitative estimate of drug-likeness (QED) is 0.310. The predicted octanol–water partition coefficient (Wildman–Crippen LogP) is 4.42. The summed E-state index contributed by atoms with van der Waals surface area (Å²) in [6.07, 6.45) is 2.69. The number of nitrogens with zero attached hydrogens (tertiary/aromatic N) is 2. The summed E-state index contributed by atoms with van der Waals surface area (Å²) in [5, 5.41) is 6.55. The molecule has 168 valence electrons. The van der Waals surface area contributed by atoms with Crippen LogP contribution in [0.2, 0.25) is 0 Å². The van der Waals surface area contributed by atoms with Gasteiger partial charge in [-0.05, 0) is 49.6 Å². The monoisotopic (exact) mass is 538 g/mol. The summed E-state index contributed by atoms with van der Waals surface area (Å²) in [5.41, 5.74) is 2.89. The number of carbonyl (C=O) groups is 1. The number of amides is 1. The SMILES string of the molecule is CCNC(=NCc1ccc(N2CCCCC2=O)cc1)Nc1ccc(OC)c(OC)c1.I. The third kappa shape index (κ3) is 6.75. The number of methoxy groups -OCH3 is 2. The first-order chi connectivity index (χ1) is 14.6. The van der Waals surface area contributed by atoms with Crippen molar-refractivity contribution in [2.24, 2.45) is 4.99 Å². The lowest BCUT2D eigenvalue weighted by atomic mass is 10.1. The van der Waals surface area contributed by atoms with Crippen LogP contribution in [0.25, 0.3) is 0 Å². The highest BCUT2D eigenvalue weighted by molar-refractivity contribution is 14.0. The van der Waals surface area contributed by atoms with Crippen LogP contribution < -0.4 is 25.0 Å². The Kier molecular flexibility index (Phi) is 9.90. The molecule has 1 saturated heterocycles. The van der Waals surface area contributed by atoms with Gasteiger partial charge in [0.1, 0.15) is 0 Å². The molecule has 3 rings (SSSR count). The van der Waals surface area contributed by atoms with Crippen LogP contribution in [0.3, 0.4) is 0 Å². The number of carbonyl (C=O) groups excluding carboxylic acids is 1. The summed E-state index contributed by atoms with van der Waals surface area (Å²) in [6.45, 7) is 4.10. The Morgan fingerprint density at radius 2 is 1.81 bits per heavy atom. The molecule has 0 aliphatic carbocycles. The van der Waals surface area contributed by atoms with Crippen molar-refractivity contribution in [1.82, 2.24) is 5.32 Å². The number of benzene rings is 2. The summed E-state index contributed by atoms with van der Waals surface area (Å²) < 4.78 is 10.6. The smallest absolute Gasteiger partial charge is 0.226 e. The number of ether oxygens (including phenoxy) is 2. The maximum absolute atomic E-state index is 12.1. The molecular weight excluding hydrogens is 507 g/mol. The second-order valence-corrected chi connectivity index (χ2v) is 7.06. The average molecular weight is 538 g/mol. The number of nitrogens with one attached hydrogen (secondary N) is 2. The van der Waals surface area contributed by atoms with E-state index in [1.807, 2.05) is 54.3 Å². The molecule has 0 unspecified atom stereocenters. The third-order valence-electron chi connectivity index (χ3n) is 4.98. The number of halogens is 1. The van der Waals surface area contributed by atoms with E-state index in [2.05, 4.69) is 15.6 Å². The van der Waals surface area contributed by atoms with Gasteiger partial charge in [0.2, 0.25) is 5.91 Å². The van der Waals surface area contributed by atoms with Gasteiger partial charge in [0, 0.05) is 37.0 Å². The van der Waals surface area contributed by atoms with E-state index in [1.54, 1.807) is 14.2 Å². The van der Waals surface area contributed by atoms with Crippen LogP contribution in [0, 0.1) is 0 Å². The van der Waals surface area contributed by atoms with Crippen LogP contribution in [0.4, 0.5) is 11.4 Å². The van der Waals surface area contributed by atoms with Crippen LogP contribution in [0.15, 0.2) is 47.5 Å². The van der Waals surface area contributed by atoms with Crippen LogP contribution >= 0.6 is 24.0 Å². The van der Waals surface area contributed by atoms with Crippen molar-refractivity contribution in [2.75, 3.05) is 37.5 Å². The molecule has 7 nitrogen and oxygen atoms in total. The molecule has 0 spiro atoms. The Morgan fingerprint density at radius 3 is 2.45 bits per heavy atom. The second-order valence-electron chi connectivity index (χ2n) is 7.06. The number of aliphatic imine (C=N–C) groups is 1. The number of hydrogen-bond acceptors (Lipinski definition) is 4. The van der Waals surface area contributed by atoms with Gasteiger partial charge in [0.25, 0.3) is 0 Å². The lowest BCUT2D eigenvalue weighted by Gasteiger charge is -2.26. The lowest BCUT2D eigenvalue weighted by Crippen LogP contribution is -2.35. The topological polar surface area (TPSA) is 75.2 Å².